The van der Waals surface area contributed by atoms with Crippen LogP contribution < -0.4 is 5.32 Å². The van der Waals surface area contributed by atoms with E-state index in [1.165, 1.54) is 12.8 Å². The fourth-order valence-corrected chi connectivity index (χ4v) is 2.24. The number of nitrogens with one attached hydrogen (secondary N) is 1. The van der Waals surface area contributed by atoms with Crippen molar-refractivity contribution in [2.75, 3.05) is 6.54 Å². The first kappa shape index (κ1) is 13.8. The van der Waals surface area contributed by atoms with Crippen LogP contribution >= 0.6 is 11.6 Å². The van der Waals surface area contributed by atoms with Gasteiger partial charge in [-0.25, -0.2) is 4.39 Å². The zero-order valence-electron chi connectivity index (χ0n) is 11.0. The molecule has 0 heterocycles. The third-order valence-corrected chi connectivity index (χ3v) is 3.98. The molecular formula is C15H21ClFN. The molecule has 0 saturated heterocycles. The lowest BCUT2D eigenvalue weighted by Gasteiger charge is -2.21. The highest BCUT2D eigenvalue weighted by Crippen LogP contribution is 2.23. The van der Waals surface area contributed by atoms with Gasteiger partial charge in [0, 0.05) is 6.04 Å². The quantitative estimate of drug-likeness (QED) is 0.822. The predicted molar refractivity (Wildman–Crippen MR) is 74.5 cm³/mol. The van der Waals surface area contributed by atoms with Gasteiger partial charge in [0.05, 0.1) is 5.02 Å². The van der Waals surface area contributed by atoms with Gasteiger partial charge < -0.3 is 5.32 Å². The average Bonchev–Trinajstić information content (AvgIpc) is 3.12. The van der Waals surface area contributed by atoms with Crippen molar-refractivity contribution in [1.82, 2.24) is 5.32 Å². The van der Waals surface area contributed by atoms with Gasteiger partial charge in [-0.3, -0.25) is 0 Å². The van der Waals surface area contributed by atoms with E-state index in [0.29, 0.717) is 11.8 Å². The van der Waals surface area contributed by atoms with Crippen LogP contribution in [0.5, 0.6) is 0 Å². The molecule has 100 valence electrons. The van der Waals surface area contributed by atoms with Crippen molar-refractivity contribution < 1.29 is 4.39 Å². The molecule has 2 rings (SSSR count). The van der Waals surface area contributed by atoms with Crippen molar-refractivity contribution in [3.63, 3.8) is 0 Å². The summed E-state index contributed by atoms with van der Waals surface area (Å²) < 4.78 is 13.4. The molecule has 1 aromatic rings. The summed E-state index contributed by atoms with van der Waals surface area (Å²) in [5, 5.41) is 3.77. The monoisotopic (exact) mass is 269 g/mol. The van der Waals surface area contributed by atoms with Crippen molar-refractivity contribution in [2.45, 2.75) is 39.2 Å². The first-order valence-corrected chi connectivity index (χ1v) is 7.11. The molecule has 0 amide bonds. The molecule has 0 aliphatic heterocycles. The minimum Gasteiger partial charge on any atom is -0.314 e. The predicted octanol–water partition coefficient (Wildman–Crippen LogP) is 4.05. The minimum absolute atomic E-state index is 0.205. The summed E-state index contributed by atoms with van der Waals surface area (Å²) in [6.07, 6.45) is 3.52. The second-order valence-electron chi connectivity index (χ2n) is 5.64. The Morgan fingerprint density at radius 1 is 1.39 bits per heavy atom. The van der Waals surface area contributed by atoms with Crippen LogP contribution in [-0.2, 0) is 6.42 Å². The van der Waals surface area contributed by atoms with Gasteiger partial charge in [0.2, 0.25) is 0 Å². The number of hydrogen-bond acceptors (Lipinski definition) is 1. The van der Waals surface area contributed by atoms with Crippen molar-refractivity contribution in [3.05, 3.63) is 34.6 Å². The van der Waals surface area contributed by atoms with Crippen LogP contribution in [-0.4, -0.2) is 12.6 Å². The van der Waals surface area contributed by atoms with Crippen LogP contribution in [0.1, 0.15) is 32.3 Å². The molecule has 0 radical (unpaired) electrons. The minimum atomic E-state index is -0.313. The summed E-state index contributed by atoms with van der Waals surface area (Å²) in [4.78, 5) is 0. The van der Waals surface area contributed by atoms with Crippen LogP contribution in [0.2, 0.25) is 5.02 Å². The van der Waals surface area contributed by atoms with Gasteiger partial charge in [0.25, 0.3) is 0 Å². The number of halogens is 2. The van der Waals surface area contributed by atoms with Gasteiger partial charge in [-0.05, 0) is 55.3 Å². The van der Waals surface area contributed by atoms with Crippen LogP contribution in [0.4, 0.5) is 4.39 Å². The summed E-state index contributed by atoms with van der Waals surface area (Å²) in [7, 11) is 0. The maximum atomic E-state index is 13.4. The van der Waals surface area contributed by atoms with Gasteiger partial charge in [-0.1, -0.05) is 31.5 Å². The molecule has 18 heavy (non-hydrogen) atoms. The molecule has 1 saturated carbocycles. The fourth-order valence-electron chi connectivity index (χ4n) is 2.12. The zero-order valence-corrected chi connectivity index (χ0v) is 11.8. The van der Waals surface area contributed by atoms with Crippen molar-refractivity contribution in [1.29, 1.82) is 0 Å². The van der Waals surface area contributed by atoms with Gasteiger partial charge in [0.1, 0.15) is 5.82 Å². The molecule has 1 aliphatic rings. The SMILES string of the molecule is CC(C)C(CNC1CC1)Cc1ccc(Cl)c(F)c1. The second-order valence-corrected chi connectivity index (χ2v) is 6.05. The molecule has 1 nitrogen and oxygen atoms in total. The number of hydrogen-bond donors (Lipinski definition) is 1. The summed E-state index contributed by atoms with van der Waals surface area (Å²) >= 11 is 5.70. The van der Waals surface area contributed by atoms with Crippen molar-refractivity contribution >= 4 is 11.6 Å². The fraction of sp³-hybridized carbons (Fsp3) is 0.600. The largest absolute Gasteiger partial charge is 0.314 e. The second kappa shape index (κ2) is 6.03. The summed E-state index contributed by atoms with van der Waals surface area (Å²) in [6.45, 7) is 5.48. The molecule has 1 unspecified atom stereocenters. The third-order valence-electron chi connectivity index (χ3n) is 3.67. The lowest BCUT2D eigenvalue weighted by atomic mass is 9.89. The standard InChI is InChI=1S/C15H21ClFN/c1-10(2)12(9-18-13-4-5-13)7-11-3-6-14(16)15(17)8-11/h3,6,8,10,12-13,18H,4-5,7,9H2,1-2H3. The summed E-state index contributed by atoms with van der Waals surface area (Å²) in [5.74, 6) is 0.827. The normalized spacial score (nSPS) is 17.2. The Kier molecular flexibility index (Phi) is 4.63. The Hall–Kier alpha value is -0.600. The maximum Gasteiger partial charge on any atom is 0.142 e. The Morgan fingerprint density at radius 3 is 2.67 bits per heavy atom. The first-order chi connectivity index (χ1) is 8.56. The maximum absolute atomic E-state index is 13.4. The third kappa shape index (κ3) is 3.96. The zero-order chi connectivity index (χ0) is 13.1. The van der Waals surface area contributed by atoms with Crippen LogP contribution in [0.25, 0.3) is 0 Å². The van der Waals surface area contributed by atoms with E-state index >= 15 is 0 Å². The van der Waals surface area contributed by atoms with Crippen LogP contribution in [0.3, 0.4) is 0 Å². The molecule has 1 atom stereocenters. The lowest BCUT2D eigenvalue weighted by molar-refractivity contribution is 0.359. The van der Waals surface area contributed by atoms with E-state index in [9.17, 15) is 4.39 Å². The Balaban J connectivity index is 1.95. The highest BCUT2D eigenvalue weighted by Gasteiger charge is 2.23. The van der Waals surface area contributed by atoms with Gasteiger partial charge in [-0.2, -0.15) is 0 Å². The van der Waals surface area contributed by atoms with E-state index in [-0.39, 0.29) is 10.8 Å². The first-order valence-electron chi connectivity index (χ1n) is 6.73. The highest BCUT2D eigenvalue weighted by atomic mass is 35.5. The van der Waals surface area contributed by atoms with Gasteiger partial charge >= 0.3 is 0 Å². The molecule has 0 aromatic heterocycles. The molecule has 0 spiro atoms. The van der Waals surface area contributed by atoms with Crippen LogP contribution in [0.15, 0.2) is 18.2 Å². The van der Waals surface area contributed by atoms with E-state index in [2.05, 4.69) is 19.2 Å². The summed E-state index contributed by atoms with van der Waals surface area (Å²) in [6, 6.07) is 5.87. The Morgan fingerprint density at radius 2 is 2.11 bits per heavy atom. The highest BCUT2D eigenvalue weighted by molar-refractivity contribution is 6.30. The van der Waals surface area contributed by atoms with E-state index in [1.54, 1.807) is 12.1 Å². The lowest BCUT2D eigenvalue weighted by Crippen LogP contribution is -2.29. The van der Waals surface area contributed by atoms with E-state index < -0.39 is 0 Å². The molecule has 0 bridgehead atoms. The number of rotatable bonds is 6. The van der Waals surface area contributed by atoms with Crippen LogP contribution in [0, 0.1) is 17.7 Å². The smallest absolute Gasteiger partial charge is 0.142 e. The molecule has 1 aliphatic carbocycles. The van der Waals surface area contributed by atoms with Gasteiger partial charge in [-0.15, -0.1) is 0 Å². The van der Waals surface area contributed by atoms with Gasteiger partial charge in [0.15, 0.2) is 0 Å². The average molecular weight is 270 g/mol. The Labute approximate surface area is 114 Å². The van der Waals surface area contributed by atoms with Crippen molar-refractivity contribution in [3.8, 4) is 0 Å². The summed E-state index contributed by atoms with van der Waals surface area (Å²) in [5.41, 5.74) is 1.04. The molecule has 3 heteroatoms. The topological polar surface area (TPSA) is 12.0 Å². The Bertz CT molecular complexity index is 401. The number of benzene rings is 1. The van der Waals surface area contributed by atoms with Crippen molar-refractivity contribution in [2.24, 2.45) is 11.8 Å². The molecule has 1 N–H and O–H groups in total. The molecule has 1 fully saturated rings. The van der Waals surface area contributed by atoms with E-state index in [0.717, 1.165) is 24.6 Å². The van der Waals surface area contributed by atoms with E-state index in [1.807, 2.05) is 6.07 Å². The molecule has 1 aromatic carbocycles. The molecular weight excluding hydrogens is 249 g/mol. The van der Waals surface area contributed by atoms with E-state index in [4.69, 9.17) is 11.6 Å².